The maximum absolute atomic E-state index is 12.4. The number of carbonyl (C=O) groups is 1. The molecule has 0 spiro atoms. The molecule has 0 radical (unpaired) electrons. The van der Waals surface area contributed by atoms with Crippen molar-refractivity contribution in [1.82, 2.24) is 9.55 Å². The van der Waals surface area contributed by atoms with Crippen LogP contribution in [0.25, 0.3) is 10.9 Å². The molecule has 3 rings (SSSR count). The molecule has 0 fully saturated rings. The largest absolute Gasteiger partial charge is 0.328 e. The summed E-state index contributed by atoms with van der Waals surface area (Å²) >= 11 is 0. The molecule has 1 aromatic heterocycles. The Balaban J connectivity index is 1.97. The number of benzene rings is 2. The topological polar surface area (TPSA) is 127 Å². The normalized spacial score (nSPS) is 10.7. The first kappa shape index (κ1) is 17.1. The summed E-state index contributed by atoms with van der Waals surface area (Å²) in [6.07, 6.45) is 0. The van der Waals surface area contributed by atoms with Gasteiger partial charge in [-0.1, -0.05) is 6.07 Å². The fourth-order valence-corrected chi connectivity index (χ4v) is 2.58. The fourth-order valence-electron chi connectivity index (χ4n) is 2.58. The Labute approximate surface area is 146 Å². The summed E-state index contributed by atoms with van der Waals surface area (Å²) in [4.78, 5) is 49.3. The van der Waals surface area contributed by atoms with Crippen molar-refractivity contribution < 1.29 is 9.72 Å². The van der Waals surface area contributed by atoms with Crippen LogP contribution in [0.5, 0.6) is 0 Å². The van der Waals surface area contributed by atoms with Crippen LogP contribution in [0.3, 0.4) is 0 Å². The molecular formula is C17H14N4O5. The van der Waals surface area contributed by atoms with Gasteiger partial charge < -0.3 is 10.3 Å². The minimum atomic E-state index is -0.560. The average Bonchev–Trinajstić information content (AvgIpc) is 2.61. The van der Waals surface area contributed by atoms with E-state index in [1.165, 1.54) is 42.5 Å². The Morgan fingerprint density at radius 3 is 2.69 bits per heavy atom. The molecule has 0 aliphatic rings. The molecule has 26 heavy (non-hydrogen) atoms. The zero-order valence-electron chi connectivity index (χ0n) is 13.7. The van der Waals surface area contributed by atoms with Crippen LogP contribution in [0.2, 0.25) is 0 Å². The van der Waals surface area contributed by atoms with E-state index in [1.54, 1.807) is 6.92 Å². The molecule has 3 aromatic rings. The van der Waals surface area contributed by atoms with E-state index in [4.69, 9.17) is 0 Å². The molecule has 0 aliphatic heterocycles. The Kier molecular flexibility index (Phi) is 4.36. The molecule has 9 heteroatoms. The predicted octanol–water partition coefficient (Wildman–Crippen LogP) is 1.87. The number of non-ortho nitro benzene ring substituents is 1. The van der Waals surface area contributed by atoms with E-state index < -0.39 is 22.1 Å². The SMILES string of the molecule is CCn1c(=O)[nH]c2cc(C(=O)Nc3cccc([N+](=O)[O-])c3)ccc2c1=O. The zero-order chi connectivity index (χ0) is 18.8. The summed E-state index contributed by atoms with van der Waals surface area (Å²) in [6.45, 7) is 1.92. The van der Waals surface area contributed by atoms with Crippen LogP contribution in [0.1, 0.15) is 17.3 Å². The van der Waals surface area contributed by atoms with Gasteiger partial charge >= 0.3 is 5.69 Å². The number of rotatable bonds is 4. The van der Waals surface area contributed by atoms with Gasteiger partial charge in [-0.25, -0.2) is 4.79 Å². The molecule has 2 aromatic carbocycles. The molecule has 0 bridgehead atoms. The van der Waals surface area contributed by atoms with Gasteiger partial charge in [0.25, 0.3) is 17.2 Å². The fraction of sp³-hybridized carbons (Fsp3) is 0.118. The highest BCUT2D eigenvalue weighted by atomic mass is 16.6. The zero-order valence-corrected chi connectivity index (χ0v) is 13.7. The number of fused-ring (bicyclic) bond motifs is 1. The lowest BCUT2D eigenvalue weighted by Crippen LogP contribution is -2.34. The van der Waals surface area contributed by atoms with Gasteiger partial charge in [0, 0.05) is 29.9 Å². The summed E-state index contributed by atoms with van der Waals surface area (Å²) < 4.78 is 1.06. The Bertz CT molecular complexity index is 1150. The van der Waals surface area contributed by atoms with Gasteiger partial charge in [0.15, 0.2) is 0 Å². The maximum Gasteiger partial charge on any atom is 0.328 e. The van der Waals surface area contributed by atoms with Crippen LogP contribution in [-0.4, -0.2) is 20.4 Å². The monoisotopic (exact) mass is 354 g/mol. The Morgan fingerprint density at radius 1 is 1.23 bits per heavy atom. The Hall–Kier alpha value is -3.75. The molecular weight excluding hydrogens is 340 g/mol. The average molecular weight is 354 g/mol. The smallest absolute Gasteiger partial charge is 0.322 e. The van der Waals surface area contributed by atoms with Gasteiger partial charge in [-0.15, -0.1) is 0 Å². The van der Waals surface area contributed by atoms with Crippen LogP contribution in [-0.2, 0) is 6.54 Å². The number of aromatic nitrogens is 2. The van der Waals surface area contributed by atoms with E-state index in [0.717, 1.165) is 4.57 Å². The lowest BCUT2D eigenvalue weighted by molar-refractivity contribution is -0.384. The van der Waals surface area contributed by atoms with Crippen LogP contribution in [0.4, 0.5) is 11.4 Å². The second-order valence-electron chi connectivity index (χ2n) is 5.50. The number of hydrogen-bond donors (Lipinski definition) is 2. The highest BCUT2D eigenvalue weighted by Gasteiger charge is 2.12. The van der Waals surface area contributed by atoms with Crippen LogP contribution < -0.4 is 16.6 Å². The summed E-state index contributed by atoms with van der Waals surface area (Å²) in [5.41, 5.74) is -0.423. The number of amides is 1. The molecule has 0 saturated heterocycles. The van der Waals surface area contributed by atoms with Crippen LogP contribution in [0.15, 0.2) is 52.1 Å². The van der Waals surface area contributed by atoms with Crippen molar-refractivity contribution in [1.29, 1.82) is 0 Å². The third-order valence-corrected chi connectivity index (χ3v) is 3.88. The van der Waals surface area contributed by atoms with E-state index in [-0.39, 0.29) is 29.0 Å². The third kappa shape index (κ3) is 3.09. The van der Waals surface area contributed by atoms with Gasteiger partial charge in [-0.2, -0.15) is 0 Å². The number of anilines is 1. The summed E-state index contributed by atoms with van der Waals surface area (Å²) in [7, 11) is 0. The number of nitro groups is 1. The second kappa shape index (κ2) is 6.63. The van der Waals surface area contributed by atoms with Gasteiger partial charge in [0.2, 0.25) is 0 Å². The number of nitrogens with one attached hydrogen (secondary N) is 2. The molecule has 0 unspecified atom stereocenters. The lowest BCUT2D eigenvalue weighted by atomic mass is 10.1. The summed E-state index contributed by atoms with van der Waals surface area (Å²) in [5.74, 6) is -0.520. The number of nitro benzene ring substituents is 1. The van der Waals surface area contributed by atoms with Gasteiger partial charge in [0.1, 0.15) is 0 Å². The molecule has 0 saturated carbocycles. The standard InChI is InChI=1S/C17H14N4O5/c1-2-20-16(23)13-7-6-10(8-14(13)19-17(20)24)15(22)18-11-4-3-5-12(9-11)21(25)26/h3-9H,2H2,1H3,(H,18,22)(H,19,24). The van der Waals surface area contributed by atoms with E-state index >= 15 is 0 Å². The van der Waals surface area contributed by atoms with Crippen LogP contribution >= 0.6 is 0 Å². The first-order chi connectivity index (χ1) is 12.4. The van der Waals surface area contributed by atoms with E-state index in [9.17, 15) is 24.5 Å². The molecule has 1 heterocycles. The van der Waals surface area contributed by atoms with Crippen molar-refractivity contribution >= 4 is 28.2 Å². The molecule has 2 N–H and O–H groups in total. The number of aromatic amines is 1. The van der Waals surface area contributed by atoms with Crippen molar-refractivity contribution in [2.75, 3.05) is 5.32 Å². The first-order valence-corrected chi connectivity index (χ1v) is 7.73. The summed E-state index contributed by atoms with van der Waals surface area (Å²) in [5, 5.41) is 13.6. The lowest BCUT2D eigenvalue weighted by Gasteiger charge is -2.07. The van der Waals surface area contributed by atoms with Crippen LogP contribution in [0, 0.1) is 10.1 Å². The first-order valence-electron chi connectivity index (χ1n) is 7.73. The quantitative estimate of drug-likeness (QED) is 0.546. The van der Waals surface area contributed by atoms with E-state index in [0.29, 0.717) is 5.39 Å². The third-order valence-electron chi connectivity index (χ3n) is 3.88. The molecule has 0 atom stereocenters. The van der Waals surface area contributed by atoms with Crippen molar-refractivity contribution in [3.05, 3.63) is 79.0 Å². The molecule has 132 valence electrons. The highest BCUT2D eigenvalue weighted by Crippen LogP contribution is 2.18. The van der Waals surface area contributed by atoms with E-state index in [1.807, 2.05) is 0 Å². The minimum Gasteiger partial charge on any atom is -0.322 e. The number of hydrogen-bond acceptors (Lipinski definition) is 5. The van der Waals surface area contributed by atoms with Crippen molar-refractivity contribution in [2.45, 2.75) is 13.5 Å². The minimum absolute atomic E-state index is 0.147. The maximum atomic E-state index is 12.4. The van der Waals surface area contributed by atoms with Gasteiger partial charge in [-0.05, 0) is 31.2 Å². The molecule has 1 amide bonds. The second-order valence-corrected chi connectivity index (χ2v) is 5.50. The van der Waals surface area contributed by atoms with E-state index in [2.05, 4.69) is 10.3 Å². The Morgan fingerprint density at radius 2 is 2.00 bits per heavy atom. The number of carbonyl (C=O) groups excluding carboxylic acids is 1. The number of nitrogens with zero attached hydrogens (tertiary/aromatic N) is 2. The van der Waals surface area contributed by atoms with Crippen molar-refractivity contribution in [3.63, 3.8) is 0 Å². The highest BCUT2D eigenvalue weighted by molar-refractivity contribution is 6.06. The predicted molar refractivity (Wildman–Crippen MR) is 95.6 cm³/mol. The van der Waals surface area contributed by atoms with Crippen molar-refractivity contribution in [3.8, 4) is 0 Å². The number of H-pyrrole nitrogens is 1. The molecule has 9 nitrogen and oxygen atoms in total. The molecule has 0 aliphatic carbocycles. The van der Waals surface area contributed by atoms with Crippen molar-refractivity contribution in [2.24, 2.45) is 0 Å². The summed E-state index contributed by atoms with van der Waals surface area (Å²) in [6, 6.07) is 9.84. The van der Waals surface area contributed by atoms with Gasteiger partial charge in [0.05, 0.1) is 15.8 Å². The van der Waals surface area contributed by atoms with Gasteiger partial charge in [-0.3, -0.25) is 24.3 Å².